The summed E-state index contributed by atoms with van der Waals surface area (Å²) in [6.45, 7) is 12.9. The highest BCUT2D eigenvalue weighted by molar-refractivity contribution is 7.90. The lowest BCUT2D eigenvalue weighted by atomic mass is 10.0. The van der Waals surface area contributed by atoms with E-state index in [-0.39, 0.29) is 18.1 Å². The smallest absolute Gasteiger partial charge is 0.326 e. The second kappa shape index (κ2) is 11.9. The van der Waals surface area contributed by atoms with Crippen molar-refractivity contribution in [2.75, 3.05) is 0 Å². The highest BCUT2D eigenvalue weighted by Gasteiger charge is 2.30. The lowest BCUT2D eigenvalue weighted by Crippen LogP contribution is -2.41. The van der Waals surface area contributed by atoms with Gasteiger partial charge < -0.3 is 9.29 Å². The lowest BCUT2D eigenvalue weighted by Gasteiger charge is -2.28. The number of carbonyl (C=O) groups is 1. The lowest BCUT2D eigenvalue weighted by molar-refractivity contribution is -0.155. The van der Waals surface area contributed by atoms with Crippen molar-refractivity contribution in [3.8, 4) is 11.5 Å². The van der Waals surface area contributed by atoms with Gasteiger partial charge in [-0.3, -0.25) is 14.2 Å². The van der Waals surface area contributed by atoms with Gasteiger partial charge in [-0.05, 0) is 66.9 Å². The Kier molecular flexibility index (Phi) is 9.33. The first-order valence-corrected chi connectivity index (χ1v) is 14.3. The Morgan fingerprint density at radius 3 is 2.43 bits per heavy atom. The van der Waals surface area contributed by atoms with Gasteiger partial charge in [0.25, 0.3) is 5.56 Å². The number of thiazole rings is 1. The van der Waals surface area contributed by atoms with E-state index >= 15 is 0 Å². The summed E-state index contributed by atoms with van der Waals surface area (Å²) in [6.07, 6.45) is 1.04. The zero-order valence-corrected chi connectivity index (χ0v) is 24.2. The molecule has 0 fully saturated rings. The molecule has 8 nitrogen and oxygen atoms in total. The first kappa shape index (κ1) is 29.0. The number of aryl methyl sites for hydroxylation is 2. The van der Waals surface area contributed by atoms with Crippen molar-refractivity contribution in [2.45, 2.75) is 84.2 Å². The van der Waals surface area contributed by atoms with E-state index in [1.807, 2.05) is 52.0 Å². The van der Waals surface area contributed by atoms with Crippen LogP contribution < -0.4 is 10.3 Å². The summed E-state index contributed by atoms with van der Waals surface area (Å²) in [4.78, 5) is 34.7. The van der Waals surface area contributed by atoms with Gasteiger partial charge in [0.2, 0.25) is 0 Å². The average Bonchev–Trinajstić information content (AvgIpc) is 3.31. The summed E-state index contributed by atoms with van der Waals surface area (Å²) in [5.74, 6) is -0.193. The Bertz CT molecular complexity index is 1240. The predicted octanol–water partition coefficient (Wildman–Crippen LogP) is 4.74. The fourth-order valence-electron chi connectivity index (χ4n) is 3.55. The van der Waals surface area contributed by atoms with E-state index in [1.54, 1.807) is 31.7 Å². The third kappa shape index (κ3) is 8.49. The molecule has 0 aliphatic carbocycles. The van der Waals surface area contributed by atoms with Crippen molar-refractivity contribution >= 4 is 28.7 Å². The van der Waals surface area contributed by atoms with Crippen molar-refractivity contribution in [3.63, 3.8) is 0 Å². The maximum Gasteiger partial charge on any atom is 0.326 e. The molecule has 2 atom stereocenters. The SMILES string of the molecule is Cc1ccc([C@H](CCc2cc(=O)n(CC(=O)OC(C)(C)C)c(-c3cscn3)n2)N[S@+]([O-])C(C)(C)C)cc1. The van der Waals surface area contributed by atoms with Crippen LogP contribution >= 0.6 is 11.3 Å². The topological polar surface area (TPSA) is 109 Å². The fourth-order valence-corrected chi connectivity index (χ4v) is 4.94. The highest BCUT2D eigenvalue weighted by atomic mass is 32.2. The van der Waals surface area contributed by atoms with Crippen molar-refractivity contribution < 1.29 is 14.1 Å². The number of rotatable bonds is 9. The molecule has 1 N–H and O–H groups in total. The summed E-state index contributed by atoms with van der Waals surface area (Å²) < 4.78 is 22.5. The third-order valence-corrected chi connectivity index (χ3v) is 7.60. The normalized spacial score (nSPS) is 13.8. The van der Waals surface area contributed by atoms with Gasteiger partial charge in [0, 0.05) is 28.5 Å². The van der Waals surface area contributed by atoms with E-state index in [4.69, 9.17) is 9.72 Å². The zero-order valence-electron chi connectivity index (χ0n) is 22.5. The average molecular weight is 545 g/mol. The Hall–Kier alpha value is -2.53. The highest BCUT2D eigenvalue weighted by Crippen LogP contribution is 2.25. The molecule has 0 aliphatic rings. The van der Waals surface area contributed by atoms with Crippen LogP contribution in [0.15, 0.2) is 46.0 Å². The number of nitrogens with zero attached hydrogens (tertiary/aromatic N) is 3. The van der Waals surface area contributed by atoms with Crippen LogP contribution in [0.4, 0.5) is 0 Å². The molecule has 0 unspecified atom stereocenters. The quantitative estimate of drug-likeness (QED) is 0.306. The van der Waals surface area contributed by atoms with Crippen LogP contribution in [0.5, 0.6) is 0 Å². The van der Waals surface area contributed by atoms with Crippen LogP contribution in [0.1, 0.15) is 70.8 Å². The first-order chi connectivity index (χ1) is 17.2. The van der Waals surface area contributed by atoms with Crippen molar-refractivity contribution in [2.24, 2.45) is 0 Å². The molecule has 0 saturated heterocycles. The second-order valence-electron chi connectivity index (χ2n) is 11.0. The fraction of sp³-hybridized carbons (Fsp3) is 0.481. The van der Waals surface area contributed by atoms with Gasteiger partial charge in [-0.2, -0.15) is 0 Å². The van der Waals surface area contributed by atoms with Crippen LogP contribution in [-0.2, 0) is 33.9 Å². The summed E-state index contributed by atoms with van der Waals surface area (Å²) in [6, 6.07) is 9.36. The molecule has 0 spiro atoms. The molecular formula is C27H36N4O4S2. The van der Waals surface area contributed by atoms with Gasteiger partial charge in [-0.25, -0.2) is 9.97 Å². The molecule has 3 rings (SSSR count). The van der Waals surface area contributed by atoms with E-state index in [0.717, 1.165) is 11.1 Å². The minimum absolute atomic E-state index is 0.200. The van der Waals surface area contributed by atoms with Crippen LogP contribution in [-0.4, -0.2) is 35.4 Å². The molecule has 0 aliphatic heterocycles. The first-order valence-electron chi connectivity index (χ1n) is 12.2. The molecule has 37 heavy (non-hydrogen) atoms. The minimum atomic E-state index is -1.28. The van der Waals surface area contributed by atoms with E-state index in [2.05, 4.69) is 9.71 Å². The van der Waals surface area contributed by atoms with Crippen LogP contribution in [0.2, 0.25) is 0 Å². The Morgan fingerprint density at radius 1 is 1.19 bits per heavy atom. The van der Waals surface area contributed by atoms with E-state index < -0.39 is 27.7 Å². The van der Waals surface area contributed by atoms with Gasteiger partial charge in [-0.1, -0.05) is 29.8 Å². The molecule has 1 aromatic carbocycles. The van der Waals surface area contributed by atoms with Crippen LogP contribution in [0, 0.1) is 6.92 Å². The second-order valence-corrected chi connectivity index (χ2v) is 13.7. The van der Waals surface area contributed by atoms with Gasteiger partial charge in [-0.15, -0.1) is 16.1 Å². The van der Waals surface area contributed by atoms with E-state index in [0.29, 0.717) is 30.1 Å². The van der Waals surface area contributed by atoms with Gasteiger partial charge in [0.1, 0.15) is 22.6 Å². The van der Waals surface area contributed by atoms with Crippen LogP contribution in [0.25, 0.3) is 11.5 Å². The number of nitrogens with one attached hydrogen (secondary N) is 1. The maximum absolute atomic E-state index is 13.1. The summed E-state index contributed by atoms with van der Waals surface area (Å²) in [5.41, 5.74) is 3.90. The summed E-state index contributed by atoms with van der Waals surface area (Å²) >= 11 is 0.104. The largest absolute Gasteiger partial charge is 0.598 e. The van der Waals surface area contributed by atoms with Gasteiger partial charge in [0.05, 0.1) is 11.6 Å². The van der Waals surface area contributed by atoms with E-state index in [1.165, 1.54) is 22.0 Å². The standard InChI is InChI=1S/C27H36N4O4S2/c1-18-8-10-19(11-9-18)21(30-37(34)27(5,6)7)13-12-20-14-23(32)31(15-24(33)35-26(2,3)4)25(29-20)22-16-36-17-28-22/h8-11,14,16-17,21,30H,12-13,15H2,1-7H3/t21-,37+/m0/s1. The molecule has 2 heterocycles. The number of hydrogen-bond donors (Lipinski definition) is 1. The molecule has 0 amide bonds. The minimum Gasteiger partial charge on any atom is -0.598 e. The van der Waals surface area contributed by atoms with Gasteiger partial charge >= 0.3 is 5.97 Å². The zero-order chi connectivity index (χ0) is 27.4. The number of benzene rings is 1. The summed E-state index contributed by atoms with van der Waals surface area (Å²) in [7, 11) is 0. The maximum atomic E-state index is 13.1. The van der Waals surface area contributed by atoms with Crippen molar-refractivity contribution in [1.82, 2.24) is 19.3 Å². The Morgan fingerprint density at radius 2 is 1.86 bits per heavy atom. The number of carbonyl (C=O) groups excluding carboxylic acids is 1. The molecule has 200 valence electrons. The monoisotopic (exact) mass is 544 g/mol. The molecule has 0 bridgehead atoms. The van der Waals surface area contributed by atoms with E-state index in [9.17, 15) is 14.1 Å². The van der Waals surface area contributed by atoms with Crippen molar-refractivity contribution in [1.29, 1.82) is 0 Å². The molecule has 3 aromatic rings. The number of ether oxygens (including phenoxy) is 1. The third-order valence-electron chi connectivity index (χ3n) is 5.40. The predicted molar refractivity (Wildman–Crippen MR) is 149 cm³/mol. The molecular weight excluding hydrogens is 508 g/mol. The van der Waals surface area contributed by atoms with Gasteiger partial charge in [0.15, 0.2) is 5.82 Å². The number of hydrogen-bond acceptors (Lipinski definition) is 8. The summed E-state index contributed by atoms with van der Waals surface area (Å²) in [5, 5.41) is 1.79. The van der Waals surface area contributed by atoms with Crippen molar-refractivity contribution in [3.05, 3.63) is 68.4 Å². The number of esters is 1. The Balaban J connectivity index is 1.90. The Labute approximate surface area is 225 Å². The number of aromatic nitrogens is 3. The molecule has 2 aromatic heterocycles. The van der Waals surface area contributed by atoms with Crippen LogP contribution in [0.3, 0.4) is 0 Å². The molecule has 0 radical (unpaired) electrons. The molecule has 0 saturated carbocycles. The molecule has 10 heteroatoms.